The highest BCUT2D eigenvalue weighted by Crippen LogP contribution is 2.40. The molecular weight excluding hydrogens is 310 g/mol. The molecule has 0 bridgehead atoms. The van der Waals surface area contributed by atoms with Crippen LogP contribution in [0.2, 0.25) is 0 Å². The SMILES string of the molecule is CCCCC1=NC(N)=NC(Cl)N1C1CC(C)(C)N(C)C(C)(C)C1. The number of hydrogen-bond acceptors (Lipinski definition) is 5. The topological polar surface area (TPSA) is 57.2 Å². The molecule has 2 N–H and O–H groups in total. The van der Waals surface area contributed by atoms with Crippen LogP contribution in [0.15, 0.2) is 9.98 Å². The van der Waals surface area contributed by atoms with E-state index in [0.29, 0.717) is 12.0 Å². The lowest BCUT2D eigenvalue weighted by Crippen LogP contribution is -2.64. The number of nitrogens with zero attached hydrogens (tertiary/aromatic N) is 4. The lowest BCUT2D eigenvalue weighted by Gasteiger charge is -2.56. The molecule has 6 heteroatoms. The summed E-state index contributed by atoms with van der Waals surface area (Å²) in [5.41, 5.74) is 5.61. The highest BCUT2D eigenvalue weighted by Gasteiger charge is 2.46. The molecule has 1 unspecified atom stereocenters. The Morgan fingerprint density at radius 1 is 1.22 bits per heavy atom. The van der Waals surface area contributed by atoms with Crippen molar-refractivity contribution >= 4 is 23.4 Å². The molecule has 0 aromatic rings. The first-order valence-electron chi connectivity index (χ1n) is 8.65. The molecular formula is C17H32ClN5. The van der Waals surface area contributed by atoms with Gasteiger partial charge in [0.05, 0.1) is 0 Å². The van der Waals surface area contributed by atoms with Gasteiger partial charge in [-0.25, -0.2) is 9.98 Å². The van der Waals surface area contributed by atoms with E-state index in [1.54, 1.807) is 0 Å². The number of unbranched alkanes of at least 4 members (excludes halogenated alkanes) is 1. The number of hydrogen-bond donors (Lipinski definition) is 1. The summed E-state index contributed by atoms with van der Waals surface area (Å²) in [6.07, 6.45) is 5.20. The van der Waals surface area contributed by atoms with Crippen LogP contribution in [-0.2, 0) is 0 Å². The van der Waals surface area contributed by atoms with Crippen LogP contribution in [0.5, 0.6) is 0 Å². The highest BCUT2D eigenvalue weighted by molar-refractivity contribution is 6.22. The Kier molecular flexibility index (Phi) is 5.31. The Bertz CT molecular complexity index is 479. The second kappa shape index (κ2) is 6.60. The number of aliphatic imine (C=N–C) groups is 2. The van der Waals surface area contributed by atoms with Gasteiger partial charge in [-0.3, -0.25) is 4.90 Å². The maximum absolute atomic E-state index is 6.57. The second-order valence-corrected chi connectivity index (χ2v) is 8.47. The Hall–Kier alpha value is -0.810. The lowest BCUT2D eigenvalue weighted by atomic mass is 9.77. The fraction of sp³-hybridized carbons (Fsp3) is 0.882. The molecule has 0 spiro atoms. The van der Waals surface area contributed by atoms with Crippen LogP contribution in [0.1, 0.15) is 66.7 Å². The lowest BCUT2D eigenvalue weighted by molar-refractivity contribution is -0.0366. The number of guanidine groups is 1. The number of nitrogens with two attached hydrogens (primary N) is 1. The van der Waals surface area contributed by atoms with Crippen LogP contribution in [0.4, 0.5) is 0 Å². The third-order valence-electron chi connectivity index (χ3n) is 5.44. The van der Waals surface area contributed by atoms with Crippen molar-refractivity contribution in [2.75, 3.05) is 7.05 Å². The number of alkyl halides is 1. The van der Waals surface area contributed by atoms with Crippen LogP contribution in [0, 0.1) is 0 Å². The van der Waals surface area contributed by atoms with Gasteiger partial charge in [-0.1, -0.05) is 24.9 Å². The van der Waals surface area contributed by atoms with Crippen molar-refractivity contribution in [1.82, 2.24) is 9.80 Å². The van der Waals surface area contributed by atoms with Crippen molar-refractivity contribution < 1.29 is 0 Å². The van der Waals surface area contributed by atoms with Crippen molar-refractivity contribution in [3.8, 4) is 0 Å². The molecule has 2 aliphatic rings. The van der Waals surface area contributed by atoms with E-state index >= 15 is 0 Å². The Morgan fingerprint density at radius 2 is 1.78 bits per heavy atom. The molecule has 132 valence electrons. The number of likely N-dealkylation sites (tertiary alicyclic amines) is 1. The number of piperidine rings is 1. The van der Waals surface area contributed by atoms with Crippen molar-refractivity contribution in [3.05, 3.63) is 0 Å². The minimum Gasteiger partial charge on any atom is -0.368 e. The van der Waals surface area contributed by atoms with Crippen molar-refractivity contribution in [3.63, 3.8) is 0 Å². The summed E-state index contributed by atoms with van der Waals surface area (Å²) in [7, 11) is 2.22. The molecule has 23 heavy (non-hydrogen) atoms. The molecule has 1 atom stereocenters. The van der Waals surface area contributed by atoms with Crippen LogP contribution >= 0.6 is 11.6 Å². The highest BCUT2D eigenvalue weighted by atomic mass is 35.5. The van der Waals surface area contributed by atoms with Gasteiger partial charge < -0.3 is 10.6 Å². The standard InChI is InChI=1S/C17H32ClN5/c1-7-8-9-13-20-15(19)21-14(18)23(13)12-10-16(2,3)22(6)17(4,5)11-12/h12,14H,7-11H2,1-6H3,(H2,19,21). The van der Waals surface area contributed by atoms with Gasteiger partial charge in [0.2, 0.25) is 11.6 Å². The summed E-state index contributed by atoms with van der Waals surface area (Å²) >= 11 is 6.57. The van der Waals surface area contributed by atoms with Gasteiger partial charge in [0, 0.05) is 23.5 Å². The van der Waals surface area contributed by atoms with E-state index in [1.807, 2.05) is 0 Å². The van der Waals surface area contributed by atoms with Crippen molar-refractivity contribution in [2.45, 2.75) is 89.5 Å². The summed E-state index contributed by atoms with van der Waals surface area (Å²) in [5, 5.41) is 0. The summed E-state index contributed by atoms with van der Waals surface area (Å²) in [6, 6.07) is 0.325. The van der Waals surface area contributed by atoms with Gasteiger partial charge >= 0.3 is 0 Å². The Labute approximate surface area is 146 Å². The Balaban J connectivity index is 2.29. The van der Waals surface area contributed by atoms with Gasteiger partial charge in [-0.15, -0.1) is 0 Å². The van der Waals surface area contributed by atoms with Gasteiger partial charge in [-0.05, 0) is 54.0 Å². The molecule has 2 heterocycles. The average Bonchev–Trinajstić information content (AvgIpc) is 2.41. The zero-order chi connectivity index (χ0) is 17.4. The molecule has 1 saturated heterocycles. The molecule has 0 aromatic heterocycles. The monoisotopic (exact) mass is 341 g/mol. The number of amidine groups is 1. The molecule has 5 nitrogen and oxygen atoms in total. The van der Waals surface area contributed by atoms with E-state index in [-0.39, 0.29) is 11.1 Å². The maximum Gasteiger partial charge on any atom is 0.220 e. The summed E-state index contributed by atoms with van der Waals surface area (Å²) in [4.78, 5) is 13.5. The first kappa shape index (κ1) is 18.5. The molecule has 0 amide bonds. The third kappa shape index (κ3) is 3.82. The smallest absolute Gasteiger partial charge is 0.220 e. The quantitative estimate of drug-likeness (QED) is 0.630. The van der Waals surface area contributed by atoms with E-state index < -0.39 is 5.62 Å². The minimum atomic E-state index is -0.445. The van der Waals surface area contributed by atoms with Gasteiger partial charge in [0.15, 0.2) is 0 Å². The van der Waals surface area contributed by atoms with E-state index in [0.717, 1.165) is 37.9 Å². The average molecular weight is 342 g/mol. The summed E-state index contributed by atoms with van der Waals surface area (Å²) in [5.74, 6) is 1.30. The minimum absolute atomic E-state index is 0.103. The number of rotatable bonds is 4. The van der Waals surface area contributed by atoms with Gasteiger partial charge in [0.25, 0.3) is 0 Å². The molecule has 0 radical (unpaired) electrons. The van der Waals surface area contributed by atoms with E-state index in [2.05, 4.69) is 61.5 Å². The second-order valence-electron chi connectivity index (χ2n) is 8.08. The zero-order valence-electron chi connectivity index (χ0n) is 15.4. The predicted octanol–water partition coefficient (Wildman–Crippen LogP) is 3.38. The molecule has 0 aliphatic carbocycles. The predicted molar refractivity (Wildman–Crippen MR) is 99.0 cm³/mol. The first-order chi connectivity index (χ1) is 10.6. The normalized spacial score (nSPS) is 28.5. The largest absolute Gasteiger partial charge is 0.368 e. The van der Waals surface area contributed by atoms with Crippen molar-refractivity contribution in [1.29, 1.82) is 0 Å². The van der Waals surface area contributed by atoms with Crippen LogP contribution in [-0.4, -0.2) is 51.4 Å². The van der Waals surface area contributed by atoms with Crippen LogP contribution in [0.3, 0.4) is 0 Å². The fourth-order valence-electron chi connectivity index (χ4n) is 3.93. The fourth-order valence-corrected chi connectivity index (χ4v) is 4.31. The summed E-state index contributed by atoms with van der Waals surface area (Å²) in [6.45, 7) is 11.4. The van der Waals surface area contributed by atoms with Crippen LogP contribution < -0.4 is 5.73 Å². The van der Waals surface area contributed by atoms with E-state index in [4.69, 9.17) is 17.3 Å². The third-order valence-corrected chi connectivity index (χ3v) is 5.75. The molecule has 2 rings (SSSR count). The Morgan fingerprint density at radius 3 is 2.30 bits per heavy atom. The van der Waals surface area contributed by atoms with Gasteiger partial charge in [-0.2, -0.15) is 0 Å². The first-order valence-corrected chi connectivity index (χ1v) is 9.09. The van der Waals surface area contributed by atoms with Crippen molar-refractivity contribution in [2.24, 2.45) is 15.7 Å². The van der Waals surface area contributed by atoms with Gasteiger partial charge in [0.1, 0.15) is 5.84 Å². The number of halogens is 1. The van der Waals surface area contributed by atoms with Crippen LogP contribution in [0.25, 0.3) is 0 Å². The molecule has 1 fully saturated rings. The molecule has 0 saturated carbocycles. The maximum atomic E-state index is 6.57. The molecule has 0 aromatic carbocycles. The summed E-state index contributed by atoms with van der Waals surface area (Å²) < 4.78 is 0. The zero-order valence-corrected chi connectivity index (χ0v) is 16.2. The van der Waals surface area contributed by atoms with E-state index in [9.17, 15) is 0 Å². The van der Waals surface area contributed by atoms with E-state index in [1.165, 1.54) is 0 Å². The molecule has 2 aliphatic heterocycles.